The van der Waals surface area contributed by atoms with Crippen molar-refractivity contribution in [1.29, 1.82) is 0 Å². The van der Waals surface area contributed by atoms with Crippen LogP contribution in [0, 0.1) is 5.82 Å². The Morgan fingerprint density at radius 1 is 1.25 bits per heavy atom. The second-order valence-electron chi connectivity index (χ2n) is 4.59. The molecule has 0 fully saturated rings. The van der Waals surface area contributed by atoms with Gasteiger partial charge in [0.05, 0.1) is 11.9 Å². The summed E-state index contributed by atoms with van der Waals surface area (Å²) < 4.78 is 12.7. The van der Waals surface area contributed by atoms with Crippen LogP contribution in [-0.2, 0) is 6.54 Å². The first-order valence-electron chi connectivity index (χ1n) is 6.38. The number of ketones is 1. The van der Waals surface area contributed by atoms with Crippen molar-refractivity contribution in [2.24, 2.45) is 0 Å². The minimum atomic E-state index is -0.436. The average Bonchev–Trinajstić information content (AvgIpc) is 2.46. The molecule has 2 heterocycles. The molecule has 104 valence electrons. The number of hydrogen-bond donors (Lipinski definition) is 0. The molecule has 0 N–H and O–H groups in total. The number of Topliss-reactive ketones (excluding diaryl/α,β-unsaturated/α-hetero) is 1. The van der Waals surface area contributed by atoms with Gasteiger partial charge >= 0.3 is 0 Å². The molecule has 0 aliphatic heterocycles. The van der Waals surface area contributed by atoms with Gasteiger partial charge < -0.3 is 4.90 Å². The van der Waals surface area contributed by atoms with Crippen LogP contribution < -0.4 is 0 Å². The Bertz CT molecular complexity index is 557. The summed E-state index contributed by atoms with van der Waals surface area (Å²) in [5.41, 5.74) is 1.26. The summed E-state index contributed by atoms with van der Waals surface area (Å²) in [4.78, 5) is 21.9. The maximum Gasteiger partial charge on any atom is 0.182 e. The Morgan fingerprint density at radius 3 is 2.75 bits per heavy atom. The van der Waals surface area contributed by atoms with Gasteiger partial charge in [0.25, 0.3) is 0 Å². The van der Waals surface area contributed by atoms with Gasteiger partial charge in [-0.3, -0.25) is 14.8 Å². The lowest BCUT2D eigenvalue weighted by molar-refractivity contribution is 0.0962. The van der Waals surface area contributed by atoms with Gasteiger partial charge in [0, 0.05) is 25.7 Å². The van der Waals surface area contributed by atoms with Crippen LogP contribution >= 0.6 is 0 Å². The summed E-state index contributed by atoms with van der Waals surface area (Å²) in [6.07, 6.45) is 3.16. The van der Waals surface area contributed by atoms with Gasteiger partial charge in [0.1, 0.15) is 11.5 Å². The number of carbonyl (C=O) groups is 1. The molecule has 0 saturated carbocycles. The molecule has 2 aromatic rings. The average molecular weight is 273 g/mol. The summed E-state index contributed by atoms with van der Waals surface area (Å²) in [5.74, 6) is -0.522. The van der Waals surface area contributed by atoms with Crippen LogP contribution in [0.1, 0.15) is 22.6 Å². The Hall–Kier alpha value is -2.14. The fourth-order valence-corrected chi connectivity index (χ4v) is 1.81. The molecule has 4 nitrogen and oxygen atoms in total. The molecule has 0 amide bonds. The Morgan fingerprint density at radius 2 is 2.10 bits per heavy atom. The molecule has 0 bridgehead atoms. The zero-order valence-electron chi connectivity index (χ0n) is 11.3. The van der Waals surface area contributed by atoms with Crippen molar-refractivity contribution >= 4 is 5.78 Å². The number of carbonyl (C=O) groups excluding carboxylic acids is 1. The summed E-state index contributed by atoms with van der Waals surface area (Å²) in [6.45, 7) is 1.29. The van der Waals surface area contributed by atoms with E-state index in [1.807, 2.05) is 30.1 Å². The lowest BCUT2D eigenvalue weighted by atomic mass is 10.2. The fourth-order valence-electron chi connectivity index (χ4n) is 1.81. The molecular formula is C15H16FN3O. The SMILES string of the molecule is CN(CCC(=O)c1ccc(F)cn1)Cc1ccccn1. The van der Waals surface area contributed by atoms with Crippen molar-refractivity contribution in [1.82, 2.24) is 14.9 Å². The molecule has 0 unspecified atom stereocenters. The first-order valence-corrected chi connectivity index (χ1v) is 6.38. The Balaban J connectivity index is 1.82. The molecule has 0 aromatic carbocycles. The van der Waals surface area contributed by atoms with Crippen LogP contribution in [0.2, 0.25) is 0 Å². The molecule has 0 aliphatic carbocycles. The van der Waals surface area contributed by atoms with Crippen molar-refractivity contribution in [3.8, 4) is 0 Å². The molecule has 20 heavy (non-hydrogen) atoms. The third kappa shape index (κ3) is 4.20. The Labute approximate surface area is 117 Å². The molecule has 0 spiro atoms. The number of rotatable bonds is 6. The van der Waals surface area contributed by atoms with Gasteiger partial charge in [0.15, 0.2) is 5.78 Å². The highest BCUT2D eigenvalue weighted by molar-refractivity contribution is 5.94. The zero-order chi connectivity index (χ0) is 14.4. The van der Waals surface area contributed by atoms with Crippen LogP contribution in [0.25, 0.3) is 0 Å². The normalized spacial score (nSPS) is 10.8. The van der Waals surface area contributed by atoms with E-state index >= 15 is 0 Å². The third-order valence-corrected chi connectivity index (χ3v) is 2.89. The van der Waals surface area contributed by atoms with E-state index in [1.165, 1.54) is 12.1 Å². The first kappa shape index (κ1) is 14.3. The number of nitrogens with zero attached hydrogens (tertiary/aromatic N) is 3. The highest BCUT2D eigenvalue weighted by Gasteiger charge is 2.09. The van der Waals surface area contributed by atoms with E-state index in [4.69, 9.17) is 0 Å². The van der Waals surface area contributed by atoms with E-state index in [-0.39, 0.29) is 5.78 Å². The topological polar surface area (TPSA) is 46.1 Å². The second-order valence-corrected chi connectivity index (χ2v) is 4.59. The highest BCUT2D eigenvalue weighted by atomic mass is 19.1. The van der Waals surface area contributed by atoms with Gasteiger partial charge in [-0.05, 0) is 31.3 Å². The first-order chi connectivity index (χ1) is 9.65. The van der Waals surface area contributed by atoms with Gasteiger partial charge in [-0.15, -0.1) is 0 Å². The predicted octanol–water partition coefficient (Wildman–Crippen LogP) is 2.32. The van der Waals surface area contributed by atoms with Gasteiger partial charge in [-0.1, -0.05) is 6.07 Å². The van der Waals surface area contributed by atoms with Crippen molar-refractivity contribution < 1.29 is 9.18 Å². The predicted molar refractivity (Wildman–Crippen MR) is 73.7 cm³/mol. The molecule has 0 aliphatic rings. The van der Waals surface area contributed by atoms with E-state index in [1.54, 1.807) is 6.20 Å². The smallest absolute Gasteiger partial charge is 0.182 e. The largest absolute Gasteiger partial charge is 0.300 e. The standard InChI is InChI=1S/C15H16FN3O/c1-19(11-13-4-2-3-8-17-13)9-7-15(20)14-6-5-12(16)10-18-14/h2-6,8,10H,7,9,11H2,1H3. The van der Waals surface area contributed by atoms with Gasteiger partial charge in [-0.2, -0.15) is 0 Å². The molecular weight excluding hydrogens is 257 g/mol. The maximum atomic E-state index is 12.7. The van der Waals surface area contributed by atoms with Crippen LogP contribution in [0.4, 0.5) is 4.39 Å². The van der Waals surface area contributed by atoms with Crippen LogP contribution in [0.3, 0.4) is 0 Å². The maximum absolute atomic E-state index is 12.7. The minimum absolute atomic E-state index is 0.0853. The lowest BCUT2D eigenvalue weighted by Gasteiger charge is -2.15. The van der Waals surface area contributed by atoms with E-state index in [2.05, 4.69) is 9.97 Å². The quantitative estimate of drug-likeness (QED) is 0.758. The molecule has 0 saturated heterocycles. The molecule has 2 aromatic heterocycles. The summed E-state index contributed by atoms with van der Waals surface area (Å²) >= 11 is 0. The number of pyridine rings is 2. The lowest BCUT2D eigenvalue weighted by Crippen LogP contribution is -2.22. The fraction of sp³-hybridized carbons (Fsp3) is 0.267. The highest BCUT2D eigenvalue weighted by Crippen LogP contribution is 2.04. The summed E-state index contributed by atoms with van der Waals surface area (Å²) in [6, 6.07) is 8.41. The number of hydrogen-bond acceptors (Lipinski definition) is 4. The minimum Gasteiger partial charge on any atom is -0.300 e. The molecule has 0 atom stereocenters. The second kappa shape index (κ2) is 6.86. The van der Waals surface area contributed by atoms with Gasteiger partial charge in [0.2, 0.25) is 0 Å². The Kier molecular flexibility index (Phi) is 4.90. The van der Waals surface area contributed by atoms with Crippen molar-refractivity contribution in [3.05, 3.63) is 59.9 Å². The summed E-state index contributed by atoms with van der Waals surface area (Å²) in [7, 11) is 1.93. The van der Waals surface area contributed by atoms with Gasteiger partial charge in [-0.25, -0.2) is 4.39 Å². The van der Waals surface area contributed by atoms with E-state index in [9.17, 15) is 9.18 Å². The van der Waals surface area contributed by atoms with Crippen LogP contribution in [0.15, 0.2) is 42.7 Å². The van der Waals surface area contributed by atoms with Crippen LogP contribution in [-0.4, -0.2) is 34.2 Å². The van der Waals surface area contributed by atoms with Crippen LogP contribution in [0.5, 0.6) is 0 Å². The van der Waals surface area contributed by atoms with Crippen molar-refractivity contribution in [2.75, 3.05) is 13.6 Å². The monoisotopic (exact) mass is 273 g/mol. The third-order valence-electron chi connectivity index (χ3n) is 2.89. The molecule has 0 radical (unpaired) electrons. The van der Waals surface area contributed by atoms with Crippen molar-refractivity contribution in [2.45, 2.75) is 13.0 Å². The van der Waals surface area contributed by atoms with E-state index < -0.39 is 5.82 Å². The number of aromatic nitrogens is 2. The van der Waals surface area contributed by atoms with Crippen molar-refractivity contribution in [3.63, 3.8) is 0 Å². The number of halogens is 1. The molecule has 5 heteroatoms. The molecule has 2 rings (SSSR count). The van der Waals surface area contributed by atoms with E-state index in [0.717, 1.165) is 11.9 Å². The summed E-state index contributed by atoms with van der Waals surface area (Å²) in [5, 5.41) is 0. The van der Waals surface area contributed by atoms with E-state index in [0.29, 0.717) is 25.2 Å². The zero-order valence-corrected chi connectivity index (χ0v) is 11.3.